The van der Waals surface area contributed by atoms with Gasteiger partial charge in [-0.3, -0.25) is 5.10 Å². The Labute approximate surface area is 104 Å². The molecule has 88 valence electrons. The minimum absolute atomic E-state index is 0.396. The van der Waals surface area contributed by atoms with Gasteiger partial charge in [-0.05, 0) is 30.8 Å². The van der Waals surface area contributed by atoms with E-state index in [2.05, 4.69) is 10.1 Å². The van der Waals surface area contributed by atoms with Gasteiger partial charge in [0.2, 0.25) is 4.77 Å². The van der Waals surface area contributed by atoms with Crippen LogP contribution in [-0.2, 0) is 0 Å². The molecule has 0 radical (unpaired) electrons. The summed E-state index contributed by atoms with van der Waals surface area (Å²) in [7, 11) is 0. The molecule has 0 aliphatic rings. The lowest BCUT2D eigenvalue weighted by molar-refractivity contribution is 0.246. The van der Waals surface area contributed by atoms with Crippen molar-refractivity contribution in [3.8, 4) is 0 Å². The minimum Gasteiger partial charge on any atom is -0.387 e. The first-order valence-corrected chi connectivity index (χ1v) is 5.67. The molecule has 2 rings (SSSR count). The Bertz CT molecular complexity index is 569. The molecule has 0 saturated carbocycles. The first-order chi connectivity index (χ1) is 8.18. The molecule has 1 heterocycles. The van der Waals surface area contributed by atoms with E-state index in [9.17, 15) is 5.11 Å². The summed E-state index contributed by atoms with van der Waals surface area (Å²) in [5, 5.41) is 12.7. The number of nitrogens with one attached hydrogen (secondary N) is 1. The molecule has 1 unspecified atom stereocenters. The van der Waals surface area contributed by atoms with Gasteiger partial charge in [-0.15, -0.1) is 0 Å². The molecule has 0 bridgehead atoms. The highest BCUT2D eigenvalue weighted by Crippen LogP contribution is 2.14. The number of nitrogens with zero attached hydrogens (tertiary/aromatic N) is 2. The number of aromatic amines is 1. The maximum absolute atomic E-state index is 9.79. The Morgan fingerprint density at radius 2 is 2.18 bits per heavy atom. The van der Waals surface area contributed by atoms with Gasteiger partial charge in [0.05, 0.1) is 11.8 Å². The predicted octanol–water partition coefficient (Wildman–Crippen LogP) is 2.32. The van der Waals surface area contributed by atoms with Gasteiger partial charge in [0, 0.05) is 0 Å². The molecular weight excluding hydrogens is 234 g/mol. The molecule has 1 aromatic heterocycles. The monoisotopic (exact) mass is 247 g/mol. The summed E-state index contributed by atoms with van der Waals surface area (Å²) < 4.78 is 1.99. The SMILES string of the molecule is CC(O)/C(=C\c1ccccc1)n1[nH]cnc1=S. The molecule has 0 fully saturated rings. The number of hydrogen-bond acceptors (Lipinski definition) is 3. The fraction of sp³-hybridized carbons (Fsp3) is 0.167. The molecule has 1 atom stereocenters. The summed E-state index contributed by atoms with van der Waals surface area (Å²) in [4.78, 5) is 3.93. The smallest absolute Gasteiger partial charge is 0.220 e. The molecular formula is C12H13N3OS. The lowest BCUT2D eigenvalue weighted by atomic mass is 10.1. The van der Waals surface area contributed by atoms with Gasteiger partial charge < -0.3 is 5.11 Å². The first-order valence-electron chi connectivity index (χ1n) is 5.26. The summed E-state index contributed by atoms with van der Waals surface area (Å²) in [6.07, 6.45) is 2.74. The number of rotatable bonds is 3. The zero-order valence-electron chi connectivity index (χ0n) is 9.37. The molecule has 5 heteroatoms. The van der Waals surface area contributed by atoms with E-state index in [-0.39, 0.29) is 0 Å². The van der Waals surface area contributed by atoms with Crippen LogP contribution in [0.3, 0.4) is 0 Å². The second kappa shape index (κ2) is 5.07. The summed E-state index contributed by atoms with van der Waals surface area (Å²) in [6, 6.07) is 9.75. The third-order valence-corrected chi connectivity index (χ3v) is 2.64. The molecule has 1 aromatic carbocycles. The van der Waals surface area contributed by atoms with Crippen LogP contribution in [0, 0.1) is 4.77 Å². The van der Waals surface area contributed by atoms with Crippen LogP contribution in [0.5, 0.6) is 0 Å². The quantitative estimate of drug-likeness (QED) is 0.818. The van der Waals surface area contributed by atoms with Crippen LogP contribution >= 0.6 is 12.2 Å². The van der Waals surface area contributed by atoms with Crippen LogP contribution < -0.4 is 0 Å². The predicted molar refractivity (Wildman–Crippen MR) is 69.7 cm³/mol. The summed E-state index contributed by atoms with van der Waals surface area (Å²) in [5.74, 6) is 0. The highest BCUT2D eigenvalue weighted by molar-refractivity contribution is 7.71. The number of H-pyrrole nitrogens is 1. The van der Waals surface area contributed by atoms with Gasteiger partial charge in [0.15, 0.2) is 0 Å². The van der Waals surface area contributed by atoms with Crippen LogP contribution in [-0.4, -0.2) is 26.0 Å². The van der Waals surface area contributed by atoms with E-state index in [0.717, 1.165) is 5.56 Å². The Morgan fingerprint density at radius 3 is 2.71 bits per heavy atom. The van der Waals surface area contributed by atoms with Gasteiger partial charge in [-0.2, -0.15) is 0 Å². The highest BCUT2D eigenvalue weighted by Gasteiger charge is 2.09. The average Bonchev–Trinajstić information content (AvgIpc) is 2.73. The van der Waals surface area contributed by atoms with E-state index < -0.39 is 6.10 Å². The summed E-state index contributed by atoms with van der Waals surface area (Å²) >= 11 is 5.07. The molecule has 0 spiro atoms. The van der Waals surface area contributed by atoms with Crippen LogP contribution in [0.2, 0.25) is 0 Å². The van der Waals surface area contributed by atoms with Gasteiger partial charge >= 0.3 is 0 Å². The number of aromatic nitrogens is 3. The first kappa shape index (κ1) is 11.8. The van der Waals surface area contributed by atoms with Crippen molar-refractivity contribution >= 4 is 24.0 Å². The standard InChI is InChI=1S/C12H13N3OS/c1-9(16)11(15-12(17)13-8-14-15)7-10-5-3-2-4-6-10/h2-9,16H,1H3,(H,13,14,17)/b11-7+. The lowest BCUT2D eigenvalue weighted by Gasteiger charge is -2.11. The van der Waals surface area contributed by atoms with Crippen molar-refractivity contribution in [1.82, 2.24) is 14.8 Å². The average molecular weight is 247 g/mol. The van der Waals surface area contributed by atoms with Gasteiger partial charge in [-0.1, -0.05) is 30.3 Å². The van der Waals surface area contributed by atoms with Gasteiger partial charge in [0.1, 0.15) is 6.33 Å². The normalized spacial score (nSPS) is 13.6. The second-order valence-corrected chi connectivity index (χ2v) is 4.03. The second-order valence-electron chi connectivity index (χ2n) is 3.66. The maximum Gasteiger partial charge on any atom is 0.220 e. The van der Waals surface area contributed by atoms with Crippen molar-refractivity contribution in [1.29, 1.82) is 0 Å². The Balaban J connectivity index is 2.48. The Morgan fingerprint density at radius 1 is 1.47 bits per heavy atom. The van der Waals surface area contributed by atoms with Gasteiger partial charge in [0.25, 0.3) is 0 Å². The summed E-state index contributed by atoms with van der Waals surface area (Å²) in [6.45, 7) is 1.69. The van der Waals surface area contributed by atoms with Crippen molar-refractivity contribution < 1.29 is 5.11 Å². The van der Waals surface area contributed by atoms with E-state index in [4.69, 9.17) is 12.2 Å². The largest absolute Gasteiger partial charge is 0.387 e. The number of aliphatic hydroxyl groups excluding tert-OH is 1. The fourth-order valence-electron chi connectivity index (χ4n) is 1.53. The third kappa shape index (κ3) is 2.69. The van der Waals surface area contributed by atoms with E-state index in [1.54, 1.807) is 11.6 Å². The molecule has 17 heavy (non-hydrogen) atoms. The Kier molecular flexibility index (Phi) is 3.51. The third-order valence-electron chi connectivity index (χ3n) is 2.35. The minimum atomic E-state index is -0.637. The van der Waals surface area contributed by atoms with Crippen molar-refractivity contribution in [2.24, 2.45) is 0 Å². The topological polar surface area (TPSA) is 53.8 Å². The molecule has 4 nitrogen and oxygen atoms in total. The number of benzene rings is 1. The fourth-order valence-corrected chi connectivity index (χ4v) is 1.74. The molecule has 0 aliphatic carbocycles. The summed E-state index contributed by atoms with van der Waals surface area (Å²) in [5.41, 5.74) is 1.67. The van der Waals surface area contributed by atoms with Crippen LogP contribution in [0.4, 0.5) is 0 Å². The van der Waals surface area contributed by atoms with Crippen molar-refractivity contribution in [2.75, 3.05) is 0 Å². The number of aliphatic hydroxyl groups is 1. The molecule has 0 saturated heterocycles. The van der Waals surface area contributed by atoms with Crippen LogP contribution in [0.25, 0.3) is 11.8 Å². The van der Waals surface area contributed by atoms with Crippen LogP contribution in [0.15, 0.2) is 36.7 Å². The van der Waals surface area contributed by atoms with Crippen LogP contribution in [0.1, 0.15) is 12.5 Å². The van der Waals surface area contributed by atoms with Crippen molar-refractivity contribution in [3.05, 3.63) is 47.0 Å². The van der Waals surface area contributed by atoms with Gasteiger partial charge in [-0.25, -0.2) is 9.67 Å². The zero-order chi connectivity index (χ0) is 12.3. The molecule has 2 aromatic rings. The zero-order valence-corrected chi connectivity index (χ0v) is 10.2. The van der Waals surface area contributed by atoms with Crippen molar-refractivity contribution in [2.45, 2.75) is 13.0 Å². The van der Waals surface area contributed by atoms with E-state index in [1.165, 1.54) is 6.33 Å². The maximum atomic E-state index is 9.79. The Hall–Kier alpha value is -1.72. The lowest BCUT2D eigenvalue weighted by Crippen LogP contribution is -2.12. The molecule has 2 N–H and O–H groups in total. The molecule has 0 amide bonds. The highest BCUT2D eigenvalue weighted by atomic mass is 32.1. The molecule has 0 aliphatic heterocycles. The number of hydrogen-bond donors (Lipinski definition) is 2. The van der Waals surface area contributed by atoms with E-state index in [1.807, 2.05) is 36.4 Å². The van der Waals surface area contributed by atoms with E-state index >= 15 is 0 Å². The van der Waals surface area contributed by atoms with E-state index in [0.29, 0.717) is 10.5 Å². The van der Waals surface area contributed by atoms with Crippen molar-refractivity contribution in [3.63, 3.8) is 0 Å².